The molecule has 0 spiro atoms. The summed E-state index contributed by atoms with van der Waals surface area (Å²) in [7, 11) is 0. The highest BCUT2D eigenvalue weighted by atomic mass is 32.1. The van der Waals surface area contributed by atoms with E-state index in [4.69, 9.17) is 0 Å². The minimum atomic E-state index is 0.592. The molecule has 0 saturated carbocycles. The molecule has 2 atom stereocenters. The molecule has 3 heteroatoms. The van der Waals surface area contributed by atoms with Crippen LogP contribution >= 0.6 is 11.3 Å². The van der Waals surface area contributed by atoms with Crippen LogP contribution in [0.4, 0.5) is 0 Å². The van der Waals surface area contributed by atoms with Crippen molar-refractivity contribution in [3.8, 4) is 0 Å². The van der Waals surface area contributed by atoms with Crippen molar-refractivity contribution in [2.24, 2.45) is 0 Å². The summed E-state index contributed by atoms with van der Waals surface area (Å²) in [6.45, 7) is 4.58. The van der Waals surface area contributed by atoms with Crippen molar-refractivity contribution in [2.75, 3.05) is 13.1 Å². The van der Waals surface area contributed by atoms with Gasteiger partial charge in [-0.05, 0) is 48.7 Å². The van der Waals surface area contributed by atoms with Crippen molar-refractivity contribution in [3.63, 3.8) is 0 Å². The van der Waals surface area contributed by atoms with Crippen molar-refractivity contribution in [1.29, 1.82) is 0 Å². The highest BCUT2D eigenvalue weighted by Gasteiger charge is 2.16. The predicted molar refractivity (Wildman–Crippen MR) is 61.9 cm³/mol. The largest absolute Gasteiger partial charge is 0.315 e. The molecule has 0 amide bonds. The Morgan fingerprint density at radius 2 is 2.64 bits per heavy atom. The summed E-state index contributed by atoms with van der Waals surface area (Å²) in [5.41, 5.74) is 1.46. The van der Waals surface area contributed by atoms with Gasteiger partial charge in [-0.25, -0.2) is 0 Å². The van der Waals surface area contributed by atoms with Gasteiger partial charge in [-0.2, -0.15) is 11.3 Å². The molecule has 2 heterocycles. The third-order valence-corrected chi connectivity index (χ3v) is 3.43. The summed E-state index contributed by atoms with van der Waals surface area (Å²) in [5.74, 6) is 0. The van der Waals surface area contributed by atoms with Gasteiger partial charge < -0.3 is 10.6 Å². The standard InChI is InChI=1S/C11H18N2S/c1-9(6-10-3-5-14-8-10)13-11-2-4-12-7-11/h3,5,8-9,11-13H,2,4,6-7H2,1H3. The second kappa shape index (κ2) is 4.91. The van der Waals surface area contributed by atoms with Crippen LogP contribution in [0.25, 0.3) is 0 Å². The van der Waals surface area contributed by atoms with Gasteiger partial charge in [0.2, 0.25) is 0 Å². The Morgan fingerprint density at radius 1 is 1.71 bits per heavy atom. The molecule has 1 aromatic heterocycles. The number of nitrogens with one attached hydrogen (secondary N) is 2. The molecular weight excluding hydrogens is 192 g/mol. The van der Waals surface area contributed by atoms with Crippen LogP contribution in [0.15, 0.2) is 16.8 Å². The summed E-state index contributed by atoms with van der Waals surface area (Å²) in [6.07, 6.45) is 2.42. The van der Waals surface area contributed by atoms with E-state index in [0.717, 1.165) is 13.0 Å². The molecule has 0 bridgehead atoms. The maximum Gasteiger partial charge on any atom is 0.0207 e. The van der Waals surface area contributed by atoms with E-state index in [2.05, 4.69) is 34.4 Å². The number of thiophene rings is 1. The van der Waals surface area contributed by atoms with Gasteiger partial charge in [-0.3, -0.25) is 0 Å². The zero-order valence-corrected chi connectivity index (χ0v) is 9.44. The smallest absolute Gasteiger partial charge is 0.0207 e. The second-order valence-corrected chi connectivity index (χ2v) is 4.87. The molecule has 0 aromatic carbocycles. The second-order valence-electron chi connectivity index (χ2n) is 4.09. The summed E-state index contributed by atoms with van der Waals surface area (Å²) in [6, 6.07) is 3.49. The first kappa shape index (κ1) is 10.1. The molecule has 0 aliphatic carbocycles. The van der Waals surface area contributed by atoms with Crippen LogP contribution in [0.2, 0.25) is 0 Å². The maximum atomic E-state index is 3.66. The van der Waals surface area contributed by atoms with E-state index in [0.29, 0.717) is 12.1 Å². The topological polar surface area (TPSA) is 24.1 Å². The summed E-state index contributed by atoms with van der Waals surface area (Å²) in [5, 5.41) is 11.4. The minimum absolute atomic E-state index is 0.592. The van der Waals surface area contributed by atoms with Gasteiger partial charge in [0.15, 0.2) is 0 Å². The van der Waals surface area contributed by atoms with Crippen molar-refractivity contribution in [2.45, 2.75) is 31.8 Å². The monoisotopic (exact) mass is 210 g/mol. The summed E-state index contributed by atoms with van der Waals surface area (Å²) < 4.78 is 0. The van der Waals surface area contributed by atoms with E-state index in [9.17, 15) is 0 Å². The van der Waals surface area contributed by atoms with Crippen LogP contribution in [-0.4, -0.2) is 25.2 Å². The molecule has 2 unspecified atom stereocenters. The first-order chi connectivity index (χ1) is 6.84. The molecule has 1 aliphatic rings. The van der Waals surface area contributed by atoms with Crippen LogP contribution in [-0.2, 0) is 6.42 Å². The normalized spacial score (nSPS) is 23.9. The Hall–Kier alpha value is -0.380. The van der Waals surface area contributed by atoms with Crippen LogP contribution < -0.4 is 10.6 Å². The number of rotatable bonds is 4. The fourth-order valence-corrected chi connectivity index (χ4v) is 2.70. The fraction of sp³-hybridized carbons (Fsp3) is 0.636. The third kappa shape index (κ3) is 2.80. The van der Waals surface area contributed by atoms with E-state index < -0.39 is 0 Å². The molecular formula is C11H18N2S. The van der Waals surface area contributed by atoms with Crippen molar-refractivity contribution >= 4 is 11.3 Å². The molecule has 2 nitrogen and oxygen atoms in total. The lowest BCUT2D eigenvalue weighted by Crippen LogP contribution is -2.38. The van der Waals surface area contributed by atoms with E-state index in [1.54, 1.807) is 11.3 Å². The van der Waals surface area contributed by atoms with E-state index in [1.807, 2.05) is 0 Å². The highest BCUT2D eigenvalue weighted by molar-refractivity contribution is 7.07. The Labute approximate surface area is 89.7 Å². The zero-order valence-electron chi connectivity index (χ0n) is 8.62. The Morgan fingerprint density at radius 3 is 3.29 bits per heavy atom. The van der Waals surface area contributed by atoms with Gasteiger partial charge >= 0.3 is 0 Å². The van der Waals surface area contributed by atoms with Gasteiger partial charge in [0.1, 0.15) is 0 Å². The van der Waals surface area contributed by atoms with E-state index >= 15 is 0 Å². The van der Waals surface area contributed by atoms with Crippen LogP contribution in [0.5, 0.6) is 0 Å². The predicted octanol–water partition coefficient (Wildman–Crippen LogP) is 1.63. The van der Waals surface area contributed by atoms with Crippen LogP contribution in [0, 0.1) is 0 Å². The lowest BCUT2D eigenvalue weighted by atomic mass is 10.1. The van der Waals surface area contributed by atoms with Gasteiger partial charge in [-0.15, -0.1) is 0 Å². The molecule has 1 aliphatic heterocycles. The molecule has 0 radical (unpaired) electrons. The van der Waals surface area contributed by atoms with Crippen molar-refractivity contribution in [3.05, 3.63) is 22.4 Å². The third-order valence-electron chi connectivity index (χ3n) is 2.70. The molecule has 1 aromatic rings. The molecule has 14 heavy (non-hydrogen) atoms. The van der Waals surface area contributed by atoms with Crippen molar-refractivity contribution in [1.82, 2.24) is 10.6 Å². The lowest BCUT2D eigenvalue weighted by molar-refractivity contribution is 0.464. The number of hydrogen-bond acceptors (Lipinski definition) is 3. The van der Waals surface area contributed by atoms with E-state index in [1.165, 1.54) is 18.5 Å². The van der Waals surface area contributed by atoms with Gasteiger partial charge in [0.25, 0.3) is 0 Å². The van der Waals surface area contributed by atoms with Gasteiger partial charge in [0.05, 0.1) is 0 Å². The average Bonchev–Trinajstić information content (AvgIpc) is 2.76. The molecule has 2 N–H and O–H groups in total. The summed E-state index contributed by atoms with van der Waals surface area (Å²) in [4.78, 5) is 0. The molecule has 2 rings (SSSR count). The van der Waals surface area contributed by atoms with Crippen LogP contribution in [0.1, 0.15) is 18.9 Å². The van der Waals surface area contributed by atoms with Gasteiger partial charge in [-0.1, -0.05) is 0 Å². The molecule has 78 valence electrons. The van der Waals surface area contributed by atoms with Crippen LogP contribution in [0.3, 0.4) is 0 Å². The zero-order chi connectivity index (χ0) is 9.80. The first-order valence-corrected chi connectivity index (χ1v) is 6.27. The number of hydrogen-bond donors (Lipinski definition) is 2. The maximum absolute atomic E-state index is 3.66. The van der Waals surface area contributed by atoms with E-state index in [-0.39, 0.29) is 0 Å². The summed E-state index contributed by atoms with van der Waals surface area (Å²) >= 11 is 1.78. The first-order valence-electron chi connectivity index (χ1n) is 5.32. The Bertz CT molecular complexity index is 252. The fourth-order valence-electron chi connectivity index (χ4n) is 2.02. The lowest BCUT2D eigenvalue weighted by Gasteiger charge is -2.18. The molecule has 1 saturated heterocycles. The SMILES string of the molecule is CC(Cc1ccsc1)NC1CCNC1. The Balaban J connectivity index is 1.75. The quantitative estimate of drug-likeness (QED) is 0.789. The van der Waals surface area contributed by atoms with Crippen molar-refractivity contribution < 1.29 is 0 Å². The Kier molecular flexibility index (Phi) is 3.56. The minimum Gasteiger partial charge on any atom is -0.315 e. The average molecular weight is 210 g/mol. The molecule has 1 fully saturated rings. The highest BCUT2D eigenvalue weighted by Crippen LogP contribution is 2.09. The van der Waals surface area contributed by atoms with Gasteiger partial charge in [0, 0.05) is 18.6 Å².